The van der Waals surface area contributed by atoms with E-state index in [4.69, 9.17) is 5.26 Å². The van der Waals surface area contributed by atoms with Crippen LogP contribution in [-0.4, -0.2) is 39.7 Å². The molecule has 0 spiro atoms. The lowest BCUT2D eigenvalue weighted by molar-refractivity contribution is -0.122. The summed E-state index contributed by atoms with van der Waals surface area (Å²) in [4.78, 5) is 11.4. The van der Waals surface area contributed by atoms with E-state index in [1.54, 1.807) is 6.92 Å². The van der Waals surface area contributed by atoms with Crippen molar-refractivity contribution in [3.8, 4) is 6.07 Å². The van der Waals surface area contributed by atoms with Gasteiger partial charge in [0.2, 0.25) is 5.91 Å². The first-order valence-corrected chi connectivity index (χ1v) is 7.74. The number of nitrogens with one attached hydrogen (secondary N) is 2. The summed E-state index contributed by atoms with van der Waals surface area (Å²) in [5.74, 6) is -0.305. The van der Waals surface area contributed by atoms with Crippen LogP contribution in [0, 0.1) is 11.3 Å². The zero-order chi connectivity index (χ0) is 15.2. The van der Waals surface area contributed by atoms with Crippen LogP contribution in [0.4, 0.5) is 0 Å². The highest BCUT2D eigenvalue weighted by Gasteiger charge is 2.16. The Balaban J connectivity index is 2.62. The SMILES string of the molecule is CNC(=O)C(C)NCCS(=O)(=O)c1ccc(C#N)cc1. The first-order chi connectivity index (χ1) is 9.40. The van der Waals surface area contributed by atoms with Crippen LogP contribution in [0.1, 0.15) is 12.5 Å². The summed E-state index contributed by atoms with van der Waals surface area (Å²) in [6.45, 7) is 1.84. The minimum atomic E-state index is -3.42. The van der Waals surface area contributed by atoms with Crippen LogP contribution in [-0.2, 0) is 14.6 Å². The quantitative estimate of drug-likeness (QED) is 0.773. The second kappa shape index (κ2) is 7.03. The molecule has 0 aromatic heterocycles. The molecule has 0 saturated heterocycles. The van der Waals surface area contributed by atoms with Crippen molar-refractivity contribution in [1.82, 2.24) is 10.6 Å². The Kier molecular flexibility index (Phi) is 5.67. The Morgan fingerprint density at radius 3 is 2.45 bits per heavy atom. The predicted octanol–water partition coefficient (Wildman–Crippen LogP) is 0.0561. The highest BCUT2D eigenvalue weighted by molar-refractivity contribution is 7.91. The Morgan fingerprint density at radius 1 is 1.35 bits per heavy atom. The van der Waals surface area contributed by atoms with E-state index in [-0.39, 0.29) is 23.1 Å². The molecule has 1 atom stereocenters. The second-order valence-electron chi connectivity index (χ2n) is 4.25. The van der Waals surface area contributed by atoms with Crippen molar-refractivity contribution < 1.29 is 13.2 Å². The summed E-state index contributed by atoms with van der Waals surface area (Å²) < 4.78 is 24.1. The smallest absolute Gasteiger partial charge is 0.236 e. The molecular weight excluding hydrogens is 278 g/mol. The van der Waals surface area contributed by atoms with Gasteiger partial charge in [0.1, 0.15) is 0 Å². The Bertz CT molecular complexity index is 603. The summed E-state index contributed by atoms with van der Waals surface area (Å²) in [5.41, 5.74) is 0.412. The fourth-order valence-electron chi connectivity index (χ4n) is 1.57. The van der Waals surface area contributed by atoms with E-state index in [0.29, 0.717) is 5.56 Å². The number of likely N-dealkylation sites (N-methyl/N-ethyl adjacent to an activating group) is 1. The number of sulfone groups is 1. The maximum absolute atomic E-state index is 12.0. The molecule has 1 aromatic carbocycles. The predicted molar refractivity (Wildman–Crippen MR) is 74.7 cm³/mol. The van der Waals surface area contributed by atoms with E-state index in [1.807, 2.05) is 6.07 Å². The number of hydrogen-bond donors (Lipinski definition) is 2. The van der Waals surface area contributed by atoms with Crippen molar-refractivity contribution in [1.29, 1.82) is 5.26 Å². The highest BCUT2D eigenvalue weighted by Crippen LogP contribution is 2.11. The fraction of sp³-hybridized carbons (Fsp3) is 0.385. The molecule has 108 valence electrons. The fourth-order valence-corrected chi connectivity index (χ4v) is 2.75. The molecule has 0 radical (unpaired) electrons. The van der Waals surface area contributed by atoms with Crippen molar-refractivity contribution in [2.45, 2.75) is 17.9 Å². The van der Waals surface area contributed by atoms with E-state index in [0.717, 1.165) is 0 Å². The number of rotatable bonds is 6. The van der Waals surface area contributed by atoms with Crippen LogP contribution in [0.3, 0.4) is 0 Å². The third kappa shape index (κ3) is 4.33. The summed E-state index contributed by atoms with van der Waals surface area (Å²) >= 11 is 0. The summed E-state index contributed by atoms with van der Waals surface area (Å²) in [7, 11) is -1.90. The maximum atomic E-state index is 12.0. The van der Waals surface area contributed by atoms with Gasteiger partial charge >= 0.3 is 0 Å². The van der Waals surface area contributed by atoms with Crippen molar-refractivity contribution in [2.24, 2.45) is 0 Å². The minimum absolute atomic E-state index is 0.111. The van der Waals surface area contributed by atoms with Crippen LogP contribution in [0.5, 0.6) is 0 Å². The van der Waals surface area contributed by atoms with Crippen LogP contribution in [0.25, 0.3) is 0 Å². The molecule has 0 aliphatic rings. The van der Waals surface area contributed by atoms with E-state index >= 15 is 0 Å². The van der Waals surface area contributed by atoms with Gasteiger partial charge in [-0.15, -0.1) is 0 Å². The summed E-state index contributed by atoms with van der Waals surface area (Å²) in [6, 6.07) is 7.24. The molecule has 0 heterocycles. The molecule has 0 aliphatic heterocycles. The number of nitrogens with zero attached hydrogens (tertiary/aromatic N) is 1. The molecule has 1 amide bonds. The van der Waals surface area contributed by atoms with E-state index < -0.39 is 15.9 Å². The number of nitriles is 1. The average Bonchev–Trinajstić information content (AvgIpc) is 2.46. The minimum Gasteiger partial charge on any atom is -0.358 e. The lowest BCUT2D eigenvalue weighted by atomic mass is 10.2. The standard InChI is InChI=1S/C13H17N3O3S/c1-10(13(17)15-2)16-7-8-20(18,19)12-5-3-11(9-14)4-6-12/h3-6,10,16H,7-8H2,1-2H3,(H,15,17). The number of benzene rings is 1. The van der Waals surface area contributed by atoms with Gasteiger partial charge in [0.25, 0.3) is 0 Å². The number of carbonyl (C=O) groups excluding carboxylic acids is 1. The van der Waals surface area contributed by atoms with Gasteiger partial charge in [-0.3, -0.25) is 4.79 Å². The van der Waals surface area contributed by atoms with Gasteiger partial charge in [-0.2, -0.15) is 5.26 Å². The summed E-state index contributed by atoms with van der Waals surface area (Å²) in [6.07, 6.45) is 0. The highest BCUT2D eigenvalue weighted by atomic mass is 32.2. The molecule has 0 saturated carbocycles. The average molecular weight is 295 g/mol. The Hall–Kier alpha value is -1.91. The van der Waals surface area contributed by atoms with E-state index in [2.05, 4.69) is 10.6 Å². The van der Waals surface area contributed by atoms with Crippen molar-refractivity contribution in [3.05, 3.63) is 29.8 Å². The first kappa shape index (κ1) is 16.1. The molecule has 0 fully saturated rings. The molecule has 2 N–H and O–H groups in total. The van der Waals surface area contributed by atoms with Gasteiger partial charge in [0.15, 0.2) is 9.84 Å². The number of amides is 1. The van der Waals surface area contributed by atoms with Crippen LogP contribution in [0.2, 0.25) is 0 Å². The largest absolute Gasteiger partial charge is 0.358 e. The molecular formula is C13H17N3O3S. The second-order valence-corrected chi connectivity index (χ2v) is 6.35. The van der Waals surface area contributed by atoms with Crippen LogP contribution in [0.15, 0.2) is 29.2 Å². The van der Waals surface area contributed by atoms with Crippen molar-refractivity contribution >= 4 is 15.7 Å². The van der Waals surface area contributed by atoms with Crippen LogP contribution >= 0.6 is 0 Å². The molecule has 0 aliphatic carbocycles. The van der Waals surface area contributed by atoms with Gasteiger partial charge in [-0.25, -0.2) is 8.42 Å². The molecule has 6 nitrogen and oxygen atoms in total. The third-order valence-electron chi connectivity index (χ3n) is 2.80. The van der Waals surface area contributed by atoms with E-state index in [9.17, 15) is 13.2 Å². The normalized spacial score (nSPS) is 12.4. The lowest BCUT2D eigenvalue weighted by Gasteiger charge is -2.12. The van der Waals surface area contributed by atoms with Gasteiger partial charge in [0, 0.05) is 13.6 Å². The van der Waals surface area contributed by atoms with Crippen molar-refractivity contribution in [3.63, 3.8) is 0 Å². The van der Waals surface area contributed by atoms with Gasteiger partial charge < -0.3 is 10.6 Å². The number of hydrogen-bond acceptors (Lipinski definition) is 5. The molecule has 1 aromatic rings. The lowest BCUT2D eigenvalue weighted by Crippen LogP contribution is -2.42. The van der Waals surface area contributed by atoms with Gasteiger partial charge in [0.05, 0.1) is 28.3 Å². The number of carbonyl (C=O) groups is 1. The molecule has 1 unspecified atom stereocenters. The molecule has 1 rings (SSSR count). The molecule has 0 bridgehead atoms. The van der Waals surface area contributed by atoms with Crippen LogP contribution < -0.4 is 10.6 Å². The van der Waals surface area contributed by atoms with Gasteiger partial charge in [-0.1, -0.05) is 0 Å². The molecule has 20 heavy (non-hydrogen) atoms. The zero-order valence-electron chi connectivity index (χ0n) is 11.4. The molecule has 7 heteroatoms. The first-order valence-electron chi connectivity index (χ1n) is 6.08. The topological polar surface area (TPSA) is 99.1 Å². The monoisotopic (exact) mass is 295 g/mol. The van der Waals surface area contributed by atoms with E-state index in [1.165, 1.54) is 31.3 Å². The Labute approximate surface area is 118 Å². The Morgan fingerprint density at radius 2 is 1.95 bits per heavy atom. The van der Waals surface area contributed by atoms with Crippen molar-refractivity contribution in [2.75, 3.05) is 19.3 Å². The third-order valence-corrected chi connectivity index (χ3v) is 4.54. The summed E-state index contributed by atoms with van der Waals surface area (Å²) in [5, 5.41) is 14.0. The maximum Gasteiger partial charge on any atom is 0.236 e. The van der Waals surface area contributed by atoms with Gasteiger partial charge in [-0.05, 0) is 31.2 Å². The zero-order valence-corrected chi connectivity index (χ0v) is 12.2.